The lowest BCUT2D eigenvalue weighted by molar-refractivity contribution is 0.439. The SMILES string of the molecule is CS(=O)(=O)c1c(O)nc2ccccn12. The van der Waals surface area contributed by atoms with Gasteiger partial charge in [-0.25, -0.2) is 8.42 Å². The fourth-order valence-corrected chi connectivity index (χ4v) is 2.19. The van der Waals surface area contributed by atoms with E-state index in [4.69, 9.17) is 0 Å². The van der Waals surface area contributed by atoms with Crippen molar-refractivity contribution in [3.63, 3.8) is 0 Å². The van der Waals surface area contributed by atoms with Crippen LogP contribution in [0.4, 0.5) is 0 Å². The molecule has 14 heavy (non-hydrogen) atoms. The van der Waals surface area contributed by atoms with Crippen molar-refractivity contribution in [3.05, 3.63) is 24.4 Å². The van der Waals surface area contributed by atoms with E-state index < -0.39 is 15.7 Å². The summed E-state index contributed by atoms with van der Waals surface area (Å²) in [5, 5.41) is 9.19. The average Bonchev–Trinajstić information content (AvgIpc) is 2.38. The van der Waals surface area contributed by atoms with E-state index in [0.717, 1.165) is 6.26 Å². The number of aromatic nitrogens is 2. The van der Waals surface area contributed by atoms with E-state index in [1.807, 2.05) is 0 Å². The standard InChI is InChI=1S/C8H8N2O3S/c1-14(12,13)8-7(11)9-6-4-2-3-5-10(6)8/h2-5,11H,1H3. The molecular weight excluding hydrogens is 204 g/mol. The lowest BCUT2D eigenvalue weighted by atomic mass is 10.5. The van der Waals surface area contributed by atoms with Gasteiger partial charge in [0.05, 0.1) is 0 Å². The molecule has 0 saturated carbocycles. The van der Waals surface area contributed by atoms with Crippen LogP contribution in [-0.4, -0.2) is 29.2 Å². The number of nitrogens with zero attached hydrogens (tertiary/aromatic N) is 2. The van der Waals surface area contributed by atoms with Gasteiger partial charge in [-0.15, -0.1) is 0 Å². The van der Waals surface area contributed by atoms with Gasteiger partial charge < -0.3 is 5.11 Å². The van der Waals surface area contributed by atoms with Crippen molar-refractivity contribution in [1.29, 1.82) is 0 Å². The molecule has 6 heteroatoms. The first-order chi connectivity index (χ1) is 6.50. The minimum Gasteiger partial charge on any atom is -0.491 e. The molecule has 1 N–H and O–H groups in total. The van der Waals surface area contributed by atoms with E-state index in [9.17, 15) is 13.5 Å². The number of aromatic hydroxyl groups is 1. The molecule has 5 nitrogen and oxygen atoms in total. The maximum atomic E-state index is 11.3. The lowest BCUT2D eigenvalue weighted by Crippen LogP contribution is -2.01. The molecule has 0 atom stereocenters. The van der Waals surface area contributed by atoms with Gasteiger partial charge in [0, 0.05) is 12.5 Å². The second-order valence-corrected chi connectivity index (χ2v) is 4.87. The number of rotatable bonds is 1. The summed E-state index contributed by atoms with van der Waals surface area (Å²) in [7, 11) is -3.47. The van der Waals surface area contributed by atoms with Crippen molar-refractivity contribution < 1.29 is 13.5 Å². The van der Waals surface area contributed by atoms with Gasteiger partial charge in [0.25, 0.3) is 0 Å². The molecule has 0 aliphatic carbocycles. The number of fused-ring (bicyclic) bond motifs is 1. The van der Waals surface area contributed by atoms with E-state index in [0.29, 0.717) is 5.65 Å². The summed E-state index contributed by atoms with van der Waals surface area (Å²) < 4.78 is 24.0. The highest BCUT2D eigenvalue weighted by molar-refractivity contribution is 7.90. The number of pyridine rings is 1. The third-order valence-electron chi connectivity index (χ3n) is 1.82. The van der Waals surface area contributed by atoms with Crippen molar-refractivity contribution in [2.45, 2.75) is 5.03 Å². The number of hydrogen-bond acceptors (Lipinski definition) is 4. The minimum atomic E-state index is -3.47. The first-order valence-electron chi connectivity index (χ1n) is 3.86. The van der Waals surface area contributed by atoms with Crippen molar-refractivity contribution in [3.8, 4) is 5.88 Å². The van der Waals surface area contributed by atoms with Crippen LogP contribution in [0, 0.1) is 0 Å². The molecule has 74 valence electrons. The van der Waals surface area contributed by atoms with Gasteiger partial charge in [-0.3, -0.25) is 4.40 Å². The first-order valence-corrected chi connectivity index (χ1v) is 5.75. The second kappa shape index (κ2) is 2.71. The van der Waals surface area contributed by atoms with Crippen molar-refractivity contribution >= 4 is 15.5 Å². The maximum absolute atomic E-state index is 11.3. The topological polar surface area (TPSA) is 71.7 Å². The molecular formula is C8H8N2O3S. The van der Waals surface area contributed by atoms with Crippen LogP contribution in [0.15, 0.2) is 29.4 Å². The monoisotopic (exact) mass is 212 g/mol. The predicted molar refractivity (Wildman–Crippen MR) is 50.0 cm³/mol. The van der Waals surface area contributed by atoms with Gasteiger partial charge in [-0.05, 0) is 12.1 Å². The van der Waals surface area contributed by atoms with Crippen molar-refractivity contribution in [1.82, 2.24) is 9.38 Å². The largest absolute Gasteiger partial charge is 0.491 e. The van der Waals surface area contributed by atoms with Crippen LogP contribution in [0.3, 0.4) is 0 Å². The van der Waals surface area contributed by atoms with E-state index in [1.165, 1.54) is 4.40 Å². The molecule has 0 unspecified atom stereocenters. The summed E-state index contributed by atoms with van der Waals surface area (Å²) in [5.41, 5.74) is 0.408. The highest BCUT2D eigenvalue weighted by Crippen LogP contribution is 2.22. The van der Waals surface area contributed by atoms with Crippen LogP contribution in [-0.2, 0) is 9.84 Å². The molecule has 2 aromatic heterocycles. The zero-order chi connectivity index (χ0) is 10.3. The molecule has 0 spiro atoms. The quantitative estimate of drug-likeness (QED) is 0.744. The van der Waals surface area contributed by atoms with Crippen molar-refractivity contribution in [2.75, 3.05) is 6.26 Å². The van der Waals surface area contributed by atoms with E-state index in [-0.39, 0.29) is 5.03 Å². The fourth-order valence-electron chi connectivity index (χ4n) is 1.31. The Balaban J connectivity index is 2.95. The molecule has 0 amide bonds. The third-order valence-corrected chi connectivity index (χ3v) is 2.90. The second-order valence-electron chi connectivity index (χ2n) is 2.94. The van der Waals surface area contributed by atoms with Crippen molar-refractivity contribution in [2.24, 2.45) is 0 Å². The number of hydrogen-bond donors (Lipinski definition) is 1. The molecule has 0 aliphatic heterocycles. The Kier molecular flexibility index (Phi) is 1.75. The molecule has 0 radical (unpaired) electrons. The highest BCUT2D eigenvalue weighted by Gasteiger charge is 2.20. The molecule has 2 heterocycles. The highest BCUT2D eigenvalue weighted by atomic mass is 32.2. The van der Waals surface area contributed by atoms with Gasteiger partial charge in [0.2, 0.25) is 10.9 Å². The summed E-state index contributed by atoms with van der Waals surface area (Å²) >= 11 is 0. The molecule has 2 rings (SSSR count). The Morgan fingerprint density at radius 1 is 1.43 bits per heavy atom. The molecule has 0 aromatic carbocycles. The zero-order valence-electron chi connectivity index (χ0n) is 7.38. The van der Waals surface area contributed by atoms with Crippen LogP contribution < -0.4 is 0 Å². The molecule has 0 saturated heterocycles. The summed E-state index contributed by atoms with van der Waals surface area (Å²) in [6, 6.07) is 5.00. The van der Waals surface area contributed by atoms with Gasteiger partial charge >= 0.3 is 0 Å². The minimum absolute atomic E-state index is 0.173. The Morgan fingerprint density at radius 2 is 2.14 bits per heavy atom. The molecule has 0 aliphatic rings. The van der Waals surface area contributed by atoms with Gasteiger partial charge in [0.15, 0.2) is 9.84 Å². The van der Waals surface area contributed by atoms with Crippen LogP contribution in [0.1, 0.15) is 0 Å². The Morgan fingerprint density at radius 3 is 2.79 bits per heavy atom. The summed E-state index contributed by atoms with van der Waals surface area (Å²) in [5.74, 6) is -0.460. The lowest BCUT2D eigenvalue weighted by Gasteiger charge is -1.97. The van der Waals surface area contributed by atoms with Gasteiger partial charge in [-0.2, -0.15) is 4.98 Å². The molecule has 2 aromatic rings. The van der Waals surface area contributed by atoms with E-state index in [2.05, 4.69) is 4.98 Å². The number of sulfone groups is 1. The summed E-state index contributed by atoms with van der Waals surface area (Å²) in [6.07, 6.45) is 2.57. The zero-order valence-corrected chi connectivity index (χ0v) is 8.19. The fraction of sp³-hybridized carbons (Fsp3) is 0.125. The Hall–Kier alpha value is -1.56. The average molecular weight is 212 g/mol. The molecule has 0 fully saturated rings. The van der Waals surface area contributed by atoms with E-state index >= 15 is 0 Å². The smallest absolute Gasteiger partial charge is 0.250 e. The van der Waals surface area contributed by atoms with Gasteiger partial charge in [-0.1, -0.05) is 6.07 Å². The first kappa shape index (κ1) is 9.01. The summed E-state index contributed by atoms with van der Waals surface area (Å²) in [6.45, 7) is 0. The predicted octanol–water partition coefficient (Wildman–Crippen LogP) is 0.443. The normalized spacial score (nSPS) is 12.1. The Labute approximate surface area is 80.6 Å². The summed E-state index contributed by atoms with van der Waals surface area (Å²) in [4.78, 5) is 3.72. The van der Waals surface area contributed by atoms with Crippen LogP contribution in [0.25, 0.3) is 5.65 Å². The van der Waals surface area contributed by atoms with Crippen LogP contribution in [0.2, 0.25) is 0 Å². The maximum Gasteiger partial charge on any atom is 0.250 e. The van der Waals surface area contributed by atoms with Gasteiger partial charge in [0.1, 0.15) is 5.65 Å². The molecule has 0 bridgehead atoms. The van der Waals surface area contributed by atoms with Crippen LogP contribution in [0.5, 0.6) is 5.88 Å². The van der Waals surface area contributed by atoms with Crippen LogP contribution >= 0.6 is 0 Å². The number of imidazole rings is 1. The van der Waals surface area contributed by atoms with E-state index in [1.54, 1.807) is 24.4 Å². The third kappa shape index (κ3) is 1.24. The Bertz CT molecular complexity index is 586.